The first-order valence-electron chi connectivity index (χ1n) is 5.76. The minimum atomic E-state index is 0.922. The first kappa shape index (κ1) is 11.0. The van der Waals surface area contributed by atoms with Crippen LogP contribution in [0.15, 0.2) is 11.6 Å². The van der Waals surface area contributed by atoms with Gasteiger partial charge in [0.05, 0.1) is 0 Å². The fourth-order valence-corrected chi connectivity index (χ4v) is 2.54. The minimum Gasteiger partial charge on any atom is -0.309 e. The molecule has 84 valence electrons. The summed E-state index contributed by atoms with van der Waals surface area (Å²) in [5.41, 5.74) is 0. The van der Waals surface area contributed by atoms with Crippen molar-refractivity contribution < 1.29 is 0 Å². The molecule has 1 aliphatic heterocycles. The van der Waals surface area contributed by atoms with Crippen LogP contribution in [0.4, 0.5) is 0 Å². The molecular weight excluding hydrogens is 206 g/mol. The second-order valence-electron chi connectivity index (χ2n) is 4.00. The van der Waals surface area contributed by atoms with Gasteiger partial charge in [-0.15, -0.1) is 11.3 Å². The van der Waals surface area contributed by atoms with Crippen molar-refractivity contribution in [3.8, 4) is 0 Å². The lowest BCUT2D eigenvalue weighted by Crippen LogP contribution is -2.35. The van der Waals surface area contributed by atoms with Crippen LogP contribution in [0.3, 0.4) is 0 Å². The maximum Gasteiger partial charge on any atom is 0.106 e. The zero-order valence-corrected chi connectivity index (χ0v) is 9.93. The molecule has 1 aromatic rings. The van der Waals surface area contributed by atoms with Gasteiger partial charge in [0.25, 0.3) is 0 Å². The van der Waals surface area contributed by atoms with Gasteiger partial charge in [0.2, 0.25) is 0 Å². The predicted molar refractivity (Wildman–Crippen MR) is 64.1 cm³/mol. The normalized spacial score (nSPS) is 18.1. The second kappa shape index (κ2) is 6.20. The average molecular weight is 225 g/mol. The molecule has 1 N–H and O–H groups in total. The molecule has 1 fully saturated rings. The van der Waals surface area contributed by atoms with Crippen molar-refractivity contribution in [2.45, 2.75) is 25.8 Å². The quantitative estimate of drug-likeness (QED) is 0.773. The van der Waals surface area contributed by atoms with E-state index in [2.05, 4.69) is 15.2 Å². The molecule has 0 bridgehead atoms. The van der Waals surface area contributed by atoms with E-state index < -0.39 is 0 Å². The third-order valence-corrected chi connectivity index (χ3v) is 3.59. The summed E-state index contributed by atoms with van der Waals surface area (Å²) in [4.78, 5) is 6.80. The Morgan fingerprint density at radius 2 is 2.20 bits per heavy atom. The van der Waals surface area contributed by atoms with Gasteiger partial charge in [-0.25, -0.2) is 4.98 Å². The molecule has 2 heterocycles. The lowest BCUT2D eigenvalue weighted by atomic mass is 10.1. The van der Waals surface area contributed by atoms with Gasteiger partial charge in [0.1, 0.15) is 5.01 Å². The van der Waals surface area contributed by atoms with Crippen LogP contribution in [0.25, 0.3) is 0 Å². The lowest BCUT2D eigenvalue weighted by molar-refractivity contribution is 0.229. The Labute approximate surface area is 95.5 Å². The molecule has 0 aromatic carbocycles. The van der Waals surface area contributed by atoms with Crippen LogP contribution in [-0.4, -0.2) is 36.1 Å². The van der Waals surface area contributed by atoms with Crippen molar-refractivity contribution in [1.29, 1.82) is 0 Å². The number of nitrogens with zero attached hydrogens (tertiary/aromatic N) is 2. The van der Waals surface area contributed by atoms with Gasteiger partial charge < -0.3 is 10.2 Å². The first-order chi connectivity index (χ1) is 7.45. The smallest absolute Gasteiger partial charge is 0.106 e. The van der Waals surface area contributed by atoms with Crippen molar-refractivity contribution >= 4 is 11.3 Å². The van der Waals surface area contributed by atoms with E-state index in [0.29, 0.717) is 0 Å². The number of rotatable bonds is 5. The van der Waals surface area contributed by atoms with Gasteiger partial charge in [0, 0.05) is 31.2 Å². The minimum absolute atomic E-state index is 0.922. The van der Waals surface area contributed by atoms with E-state index in [0.717, 1.165) is 13.1 Å². The molecule has 0 atom stereocenters. The maximum atomic E-state index is 4.24. The van der Waals surface area contributed by atoms with E-state index in [9.17, 15) is 0 Å². The molecule has 2 rings (SSSR count). The van der Waals surface area contributed by atoms with Gasteiger partial charge >= 0.3 is 0 Å². The molecule has 0 amide bonds. The standard InChI is InChI=1S/C11H19N3S/c1-2-6-14(7-3-1)8-4-12-10-11-13-5-9-15-11/h5,9,12H,1-4,6-8,10H2. The molecule has 15 heavy (non-hydrogen) atoms. The van der Waals surface area contributed by atoms with Gasteiger partial charge in [-0.05, 0) is 25.9 Å². The van der Waals surface area contributed by atoms with Crippen LogP contribution in [0.2, 0.25) is 0 Å². The van der Waals surface area contributed by atoms with E-state index in [4.69, 9.17) is 0 Å². The fraction of sp³-hybridized carbons (Fsp3) is 0.727. The lowest BCUT2D eigenvalue weighted by Gasteiger charge is -2.26. The first-order valence-corrected chi connectivity index (χ1v) is 6.64. The van der Waals surface area contributed by atoms with Crippen molar-refractivity contribution in [2.75, 3.05) is 26.2 Å². The second-order valence-corrected chi connectivity index (χ2v) is 4.98. The Morgan fingerprint density at radius 1 is 1.33 bits per heavy atom. The highest BCUT2D eigenvalue weighted by atomic mass is 32.1. The molecule has 4 heteroatoms. The van der Waals surface area contributed by atoms with Crippen LogP contribution in [0.1, 0.15) is 24.3 Å². The van der Waals surface area contributed by atoms with Gasteiger partial charge in [-0.1, -0.05) is 6.42 Å². The zero-order valence-electron chi connectivity index (χ0n) is 9.11. The Bertz CT molecular complexity index is 255. The fourth-order valence-electron chi connectivity index (χ4n) is 1.96. The number of nitrogens with one attached hydrogen (secondary N) is 1. The van der Waals surface area contributed by atoms with Gasteiger partial charge in [0.15, 0.2) is 0 Å². The Hall–Kier alpha value is -0.450. The summed E-state index contributed by atoms with van der Waals surface area (Å²) in [6.45, 7) is 5.77. The Balaban J connectivity index is 1.54. The van der Waals surface area contributed by atoms with Gasteiger partial charge in [-0.2, -0.15) is 0 Å². The summed E-state index contributed by atoms with van der Waals surface area (Å²) in [5.74, 6) is 0. The van der Waals surface area contributed by atoms with Crippen LogP contribution in [0, 0.1) is 0 Å². The van der Waals surface area contributed by atoms with Crippen LogP contribution in [-0.2, 0) is 6.54 Å². The summed E-state index contributed by atoms with van der Waals surface area (Å²) in [6, 6.07) is 0. The number of likely N-dealkylation sites (tertiary alicyclic amines) is 1. The average Bonchev–Trinajstić information content (AvgIpc) is 2.79. The van der Waals surface area contributed by atoms with E-state index in [1.165, 1.54) is 43.9 Å². The molecule has 1 saturated heterocycles. The molecule has 1 aliphatic rings. The van der Waals surface area contributed by atoms with E-state index in [-0.39, 0.29) is 0 Å². The summed E-state index contributed by atoms with van der Waals surface area (Å²) < 4.78 is 0. The summed E-state index contributed by atoms with van der Waals surface area (Å²) in [5, 5.41) is 6.66. The van der Waals surface area contributed by atoms with E-state index in [1.807, 2.05) is 11.6 Å². The van der Waals surface area contributed by atoms with E-state index >= 15 is 0 Å². The SMILES string of the molecule is c1csc(CNCCN2CCCCC2)n1. The third-order valence-electron chi connectivity index (χ3n) is 2.81. The molecular formula is C11H19N3S. The van der Waals surface area contributed by atoms with Crippen molar-refractivity contribution in [1.82, 2.24) is 15.2 Å². The highest BCUT2D eigenvalue weighted by Gasteiger charge is 2.08. The highest BCUT2D eigenvalue weighted by Crippen LogP contribution is 2.07. The largest absolute Gasteiger partial charge is 0.309 e. The van der Waals surface area contributed by atoms with Crippen LogP contribution < -0.4 is 5.32 Å². The maximum absolute atomic E-state index is 4.24. The zero-order chi connectivity index (χ0) is 10.3. The van der Waals surface area contributed by atoms with Crippen molar-refractivity contribution in [3.05, 3.63) is 16.6 Å². The topological polar surface area (TPSA) is 28.2 Å². The van der Waals surface area contributed by atoms with Gasteiger partial charge in [-0.3, -0.25) is 0 Å². The number of hydrogen-bond acceptors (Lipinski definition) is 4. The predicted octanol–water partition coefficient (Wildman–Crippen LogP) is 1.72. The Kier molecular flexibility index (Phi) is 4.57. The molecule has 0 radical (unpaired) electrons. The molecule has 0 saturated carbocycles. The number of piperidine rings is 1. The molecule has 1 aromatic heterocycles. The van der Waals surface area contributed by atoms with Crippen molar-refractivity contribution in [2.24, 2.45) is 0 Å². The number of thiazole rings is 1. The third kappa shape index (κ3) is 3.89. The summed E-state index contributed by atoms with van der Waals surface area (Å²) >= 11 is 1.72. The summed E-state index contributed by atoms with van der Waals surface area (Å²) in [7, 11) is 0. The van der Waals surface area contributed by atoms with Crippen LogP contribution >= 0.6 is 11.3 Å². The van der Waals surface area contributed by atoms with Crippen molar-refractivity contribution in [3.63, 3.8) is 0 Å². The monoisotopic (exact) mass is 225 g/mol. The molecule has 0 unspecified atom stereocenters. The number of hydrogen-bond donors (Lipinski definition) is 1. The number of aromatic nitrogens is 1. The van der Waals surface area contributed by atoms with E-state index in [1.54, 1.807) is 11.3 Å². The molecule has 0 spiro atoms. The summed E-state index contributed by atoms with van der Waals surface area (Å²) in [6.07, 6.45) is 6.05. The Morgan fingerprint density at radius 3 is 2.93 bits per heavy atom. The highest BCUT2D eigenvalue weighted by molar-refractivity contribution is 7.09. The molecule has 0 aliphatic carbocycles. The molecule has 3 nitrogen and oxygen atoms in total. The van der Waals surface area contributed by atoms with Crippen LogP contribution in [0.5, 0.6) is 0 Å².